The zero-order chi connectivity index (χ0) is 14.7. The van der Waals surface area contributed by atoms with E-state index < -0.39 is 0 Å². The minimum absolute atomic E-state index is 0.253. The van der Waals surface area contributed by atoms with Gasteiger partial charge in [-0.3, -0.25) is 10.0 Å². The van der Waals surface area contributed by atoms with Gasteiger partial charge in [-0.1, -0.05) is 36.2 Å². The molecule has 0 spiro atoms. The largest absolute Gasteiger partial charge is 0.289 e. The molecule has 2 heterocycles. The topological polar surface area (TPSA) is 52.6 Å². The number of carbonyl (C=O) groups excluding carboxylic acids is 1. The molecular weight excluding hydrogens is 304 g/mol. The number of hydroxylamine groups is 1. The van der Waals surface area contributed by atoms with Crippen LogP contribution in [-0.4, -0.2) is 27.2 Å². The number of rotatable bonds is 4. The summed E-state index contributed by atoms with van der Waals surface area (Å²) < 4.78 is 2.03. The Morgan fingerprint density at radius 1 is 1.29 bits per heavy atom. The lowest BCUT2D eigenvalue weighted by Crippen LogP contribution is -2.39. The number of benzene rings is 1. The first-order valence-electron chi connectivity index (χ1n) is 6.73. The number of hydrogen-bond acceptors (Lipinski definition) is 5. The van der Waals surface area contributed by atoms with E-state index >= 15 is 0 Å². The van der Waals surface area contributed by atoms with Gasteiger partial charge in [0.05, 0.1) is 0 Å². The Kier molecular flexibility index (Phi) is 4.60. The maximum atomic E-state index is 11.6. The Morgan fingerprint density at radius 3 is 2.76 bits per heavy atom. The summed E-state index contributed by atoms with van der Waals surface area (Å²) in [6.07, 6.45) is 0.768. The van der Waals surface area contributed by atoms with Crippen LogP contribution in [0.1, 0.15) is 12.0 Å². The number of nitrogens with zero attached hydrogens (tertiary/aromatic N) is 1. The molecule has 110 valence electrons. The van der Waals surface area contributed by atoms with Crippen LogP contribution in [0, 0.1) is 0 Å². The number of hydrogen-bond donors (Lipinski definition) is 2. The SMILES string of the molecule is O=C(NO)C1CCSN1Cc1ccc(-c2ccsc2)cc1. The molecule has 1 fully saturated rings. The summed E-state index contributed by atoms with van der Waals surface area (Å²) >= 11 is 3.35. The van der Waals surface area contributed by atoms with Crippen molar-refractivity contribution in [2.75, 3.05) is 5.75 Å². The lowest BCUT2D eigenvalue weighted by atomic mass is 10.1. The fraction of sp³-hybridized carbons (Fsp3) is 0.267. The van der Waals surface area contributed by atoms with Gasteiger partial charge >= 0.3 is 0 Å². The second-order valence-electron chi connectivity index (χ2n) is 4.90. The van der Waals surface area contributed by atoms with E-state index in [9.17, 15) is 4.79 Å². The van der Waals surface area contributed by atoms with Crippen LogP contribution in [0.25, 0.3) is 11.1 Å². The summed E-state index contributed by atoms with van der Waals surface area (Å²) in [5, 5.41) is 13.0. The van der Waals surface area contributed by atoms with E-state index in [2.05, 4.69) is 41.1 Å². The Balaban J connectivity index is 1.69. The molecule has 0 aliphatic carbocycles. The Morgan fingerprint density at radius 2 is 2.10 bits per heavy atom. The third-order valence-electron chi connectivity index (χ3n) is 3.56. The molecule has 0 radical (unpaired) electrons. The molecule has 6 heteroatoms. The van der Waals surface area contributed by atoms with Gasteiger partial charge in [0.1, 0.15) is 6.04 Å². The molecule has 1 unspecified atom stereocenters. The fourth-order valence-electron chi connectivity index (χ4n) is 2.42. The van der Waals surface area contributed by atoms with E-state index in [1.54, 1.807) is 28.8 Å². The van der Waals surface area contributed by atoms with Gasteiger partial charge in [-0.15, -0.1) is 0 Å². The van der Waals surface area contributed by atoms with Crippen LogP contribution in [0.3, 0.4) is 0 Å². The molecule has 1 aromatic heterocycles. The van der Waals surface area contributed by atoms with E-state index in [0.29, 0.717) is 6.54 Å². The van der Waals surface area contributed by atoms with Crippen molar-refractivity contribution in [1.29, 1.82) is 0 Å². The Bertz CT molecular complexity index is 599. The molecule has 0 bridgehead atoms. The molecule has 1 aromatic carbocycles. The van der Waals surface area contributed by atoms with Crippen molar-refractivity contribution in [2.24, 2.45) is 0 Å². The van der Waals surface area contributed by atoms with E-state index in [4.69, 9.17) is 5.21 Å². The van der Waals surface area contributed by atoms with Crippen LogP contribution in [0.15, 0.2) is 41.1 Å². The van der Waals surface area contributed by atoms with Crippen molar-refractivity contribution < 1.29 is 10.0 Å². The summed E-state index contributed by atoms with van der Waals surface area (Å²) in [5.41, 5.74) is 5.37. The van der Waals surface area contributed by atoms with Crippen LogP contribution < -0.4 is 5.48 Å². The smallest absolute Gasteiger partial charge is 0.261 e. The molecule has 1 atom stereocenters. The predicted molar refractivity (Wildman–Crippen MR) is 86.1 cm³/mol. The summed E-state index contributed by atoms with van der Waals surface area (Å²) in [7, 11) is 0. The second-order valence-corrected chi connectivity index (χ2v) is 6.81. The molecule has 1 aliphatic rings. The zero-order valence-corrected chi connectivity index (χ0v) is 13.0. The highest BCUT2D eigenvalue weighted by molar-refractivity contribution is 7.97. The van der Waals surface area contributed by atoms with Crippen LogP contribution >= 0.6 is 23.3 Å². The monoisotopic (exact) mass is 320 g/mol. The summed E-state index contributed by atoms with van der Waals surface area (Å²) in [5.74, 6) is 0.584. The van der Waals surface area contributed by atoms with Crippen molar-refractivity contribution in [1.82, 2.24) is 9.79 Å². The second kappa shape index (κ2) is 6.62. The van der Waals surface area contributed by atoms with Crippen molar-refractivity contribution in [3.63, 3.8) is 0 Å². The Hall–Kier alpha value is -1.34. The quantitative estimate of drug-likeness (QED) is 0.516. The normalized spacial score (nSPS) is 18.8. The third kappa shape index (κ3) is 3.29. The standard InChI is InChI=1S/C15H16N2O2S2/c18-15(16-19)14-6-8-21-17(14)9-11-1-3-12(4-2-11)13-5-7-20-10-13/h1-5,7,10,14,19H,6,8-9H2,(H,16,18). The highest BCUT2D eigenvalue weighted by Gasteiger charge is 2.31. The average Bonchev–Trinajstić information content (AvgIpc) is 3.18. The van der Waals surface area contributed by atoms with Crippen molar-refractivity contribution in [2.45, 2.75) is 19.0 Å². The Labute approximate surface area is 131 Å². The molecule has 1 amide bonds. The minimum atomic E-state index is -0.324. The molecule has 2 aromatic rings. The van der Waals surface area contributed by atoms with Gasteiger partial charge in [-0.25, -0.2) is 9.79 Å². The van der Waals surface area contributed by atoms with Crippen LogP contribution in [0.5, 0.6) is 0 Å². The van der Waals surface area contributed by atoms with Gasteiger partial charge < -0.3 is 0 Å². The van der Waals surface area contributed by atoms with Crippen molar-refractivity contribution in [3.8, 4) is 11.1 Å². The summed E-state index contributed by atoms with van der Waals surface area (Å²) in [6.45, 7) is 0.701. The first kappa shape index (κ1) is 14.6. The predicted octanol–water partition coefficient (Wildman–Crippen LogP) is 3.14. The maximum Gasteiger partial charge on any atom is 0.261 e. The van der Waals surface area contributed by atoms with E-state index in [1.165, 1.54) is 16.7 Å². The van der Waals surface area contributed by atoms with E-state index in [1.807, 2.05) is 4.31 Å². The zero-order valence-electron chi connectivity index (χ0n) is 11.4. The lowest BCUT2D eigenvalue weighted by molar-refractivity contribution is -0.132. The van der Waals surface area contributed by atoms with Crippen molar-refractivity contribution >= 4 is 29.2 Å². The molecule has 2 N–H and O–H groups in total. The fourth-order valence-corrected chi connectivity index (χ4v) is 4.27. The molecule has 1 aliphatic heterocycles. The van der Waals surface area contributed by atoms with Crippen LogP contribution in [-0.2, 0) is 11.3 Å². The molecule has 21 heavy (non-hydrogen) atoms. The van der Waals surface area contributed by atoms with Gasteiger partial charge in [-0.05, 0) is 39.9 Å². The van der Waals surface area contributed by atoms with Gasteiger partial charge in [0.25, 0.3) is 5.91 Å². The molecule has 0 saturated carbocycles. The van der Waals surface area contributed by atoms with E-state index in [0.717, 1.165) is 12.2 Å². The first-order valence-corrected chi connectivity index (χ1v) is 8.61. The number of thiophene rings is 1. The summed E-state index contributed by atoms with van der Waals surface area (Å²) in [4.78, 5) is 11.6. The van der Waals surface area contributed by atoms with E-state index in [-0.39, 0.29) is 11.9 Å². The first-order chi connectivity index (χ1) is 10.3. The average molecular weight is 320 g/mol. The molecule has 1 saturated heterocycles. The van der Waals surface area contributed by atoms with Gasteiger partial charge in [0, 0.05) is 12.3 Å². The summed E-state index contributed by atoms with van der Waals surface area (Å²) in [6, 6.07) is 10.3. The number of carbonyl (C=O) groups is 1. The highest BCUT2D eigenvalue weighted by Crippen LogP contribution is 2.30. The van der Waals surface area contributed by atoms with Gasteiger partial charge in [0.2, 0.25) is 0 Å². The molecule has 3 rings (SSSR count). The maximum absolute atomic E-state index is 11.6. The van der Waals surface area contributed by atoms with Crippen molar-refractivity contribution in [3.05, 3.63) is 46.7 Å². The van der Waals surface area contributed by atoms with Crippen LogP contribution in [0.2, 0.25) is 0 Å². The lowest BCUT2D eigenvalue weighted by Gasteiger charge is -2.21. The van der Waals surface area contributed by atoms with Crippen LogP contribution in [0.4, 0.5) is 0 Å². The molecule has 4 nitrogen and oxygen atoms in total. The number of amides is 1. The number of nitrogens with one attached hydrogen (secondary N) is 1. The van der Waals surface area contributed by atoms with Gasteiger partial charge in [-0.2, -0.15) is 11.3 Å². The third-order valence-corrected chi connectivity index (χ3v) is 5.37. The highest BCUT2D eigenvalue weighted by atomic mass is 32.2. The molecular formula is C15H16N2O2S2. The van der Waals surface area contributed by atoms with Gasteiger partial charge in [0.15, 0.2) is 0 Å². The minimum Gasteiger partial charge on any atom is -0.289 e.